The third kappa shape index (κ3) is 5.54. The van der Waals surface area contributed by atoms with E-state index in [1.54, 1.807) is 6.92 Å². The molecule has 216 valence electrons. The molecule has 10 atom stereocenters. The van der Waals surface area contributed by atoms with Crippen LogP contribution < -0.4 is 5.32 Å². The zero-order valence-corrected chi connectivity index (χ0v) is 24.7. The number of amides is 1. The number of carbonyl (C=O) groups is 2. The van der Waals surface area contributed by atoms with Gasteiger partial charge in [0.05, 0.1) is 6.10 Å². The first-order valence-corrected chi connectivity index (χ1v) is 15.8. The van der Waals surface area contributed by atoms with Crippen LogP contribution in [0.2, 0.25) is 0 Å². The molecule has 0 spiro atoms. The van der Waals surface area contributed by atoms with Crippen LogP contribution in [0.25, 0.3) is 0 Å². The lowest BCUT2D eigenvalue weighted by molar-refractivity contribution is -0.159. The summed E-state index contributed by atoms with van der Waals surface area (Å²) in [6.07, 6.45) is 12.4. The van der Waals surface area contributed by atoms with E-state index < -0.39 is 12.0 Å². The molecule has 4 saturated carbocycles. The zero-order chi connectivity index (χ0) is 27.8. The highest BCUT2D eigenvalue weighted by molar-refractivity contribution is 5.84. The van der Waals surface area contributed by atoms with Crippen molar-refractivity contribution in [1.29, 1.82) is 0 Å². The van der Waals surface area contributed by atoms with Crippen molar-refractivity contribution < 1.29 is 19.4 Å². The molecule has 2 N–H and O–H groups in total. The number of esters is 1. The highest BCUT2D eigenvalue weighted by Gasteiger charge is 2.61. The van der Waals surface area contributed by atoms with Crippen molar-refractivity contribution >= 4 is 11.9 Å². The van der Waals surface area contributed by atoms with E-state index in [1.807, 2.05) is 30.3 Å². The van der Waals surface area contributed by atoms with Crippen molar-refractivity contribution in [3.05, 3.63) is 35.9 Å². The van der Waals surface area contributed by atoms with Gasteiger partial charge in [-0.2, -0.15) is 0 Å². The van der Waals surface area contributed by atoms with Gasteiger partial charge in [0.15, 0.2) is 0 Å². The van der Waals surface area contributed by atoms with E-state index in [-0.39, 0.29) is 18.6 Å². The molecule has 0 radical (unpaired) electrons. The summed E-state index contributed by atoms with van der Waals surface area (Å²) in [6.45, 7) is 9.31. The van der Waals surface area contributed by atoms with Crippen molar-refractivity contribution in [3.8, 4) is 0 Å². The van der Waals surface area contributed by atoms with Gasteiger partial charge in [-0.05, 0) is 110 Å². The number of aliphatic hydroxyl groups is 1. The van der Waals surface area contributed by atoms with Crippen LogP contribution in [-0.2, 0) is 20.9 Å². The van der Waals surface area contributed by atoms with Crippen LogP contribution in [0.1, 0.15) is 104 Å². The minimum Gasteiger partial charge on any atom is -0.459 e. The molecule has 0 heterocycles. The minimum atomic E-state index is -0.650. The van der Waals surface area contributed by atoms with Crippen molar-refractivity contribution in [1.82, 2.24) is 5.32 Å². The quantitative estimate of drug-likeness (QED) is 0.363. The van der Waals surface area contributed by atoms with E-state index in [1.165, 1.54) is 51.4 Å². The Kier molecular flexibility index (Phi) is 8.48. The minimum absolute atomic E-state index is 0.0684. The number of hydrogen-bond acceptors (Lipinski definition) is 4. The van der Waals surface area contributed by atoms with E-state index in [4.69, 9.17) is 4.74 Å². The van der Waals surface area contributed by atoms with Gasteiger partial charge in [0.25, 0.3) is 0 Å². The molecule has 5 heteroatoms. The number of carbonyl (C=O) groups excluding carboxylic acids is 2. The fourth-order valence-corrected chi connectivity index (χ4v) is 10.1. The van der Waals surface area contributed by atoms with E-state index in [9.17, 15) is 14.7 Å². The number of aliphatic hydroxyl groups excluding tert-OH is 1. The molecule has 4 unspecified atom stereocenters. The van der Waals surface area contributed by atoms with Crippen LogP contribution in [0, 0.1) is 46.3 Å². The first-order valence-electron chi connectivity index (χ1n) is 15.8. The fraction of sp³-hybridized carbons (Fsp3) is 0.765. The van der Waals surface area contributed by atoms with Gasteiger partial charge in [-0.1, -0.05) is 63.9 Å². The SMILES string of the molecule is C[C@H](CCC(=O)N[C@H](C)C(=O)OCc1ccccc1)[C@H]1CCC2C3C[C@H](O)C4CCCC[C@]4(C)C3CC[C@@]21C. The van der Waals surface area contributed by atoms with Crippen LogP contribution in [0.15, 0.2) is 30.3 Å². The van der Waals surface area contributed by atoms with Crippen molar-refractivity contribution in [2.75, 3.05) is 0 Å². The summed E-state index contributed by atoms with van der Waals surface area (Å²) in [4.78, 5) is 25.2. The van der Waals surface area contributed by atoms with Gasteiger partial charge in [-0.3, -0.25) is 4.79 Å². The molecule has 4 aliphatic carbocycles. The second kappa shape index (κ2) is 11.5. The summed E-state index contributed by atoms with van der Waals surface area (Å²) < 4.78 is 5.39. The third-order valence-corrected chi connectivity index (χ3v) is 12.1. The van der Waals surface area contributed by atoms with Crippen molar-refractivity contribution in [3.63, 3.8) is 0 Å². The number of hydrogen-bond donors (Lipinski definition) is 2. The van der Waals surface area contributed by atoms with E-state index in [0.29, 0.717) is 46.8 Å². The number of rotatable bonds is 8. The Morgan fingerprint density at radius 2 is 1.72 bits per heavy atom. The smallest absolute Gasteiger partial charge is 0.328 e. The maximum absolute atomic E-state index is 12.8. The second-order valence-electron chi connectivity index (χ2n) is 14.2. The molecule has 0 saturated heterocycles. The van der Waals surface area contributed by atoms with Crippen LogP contribution in [0.5, 0.6) is 0 Å². The average Bonchev–Trinajstić information content (AvgIpc) is 3.28. The molecule has 1 aromatic carbocycles. The molecule has 1 amide bonds. The largest absolute Gasteiger partial charge is 0.459 e. The maximum atomic E-state index is 12.8. The monoisotopic (exact) mass is 537 g/mol. The highest BCUT2D eigenvalue weighted by Crippen LogP contribution is 2.68. The number of nitrogens with one attached hydrogen (secondary N) is 1. The van der Waals surface area contributed by atoms with Gasteiger partial charge in [-0.25, -0.2) is 4.79 Å². The number of benzene rings is 1. The van der Waals surface area contributed by atoms with Gasteiger partial charge in [0.1, 0.15) is 12.6 Å². The Bertz CT molecular complexity index is 1010. The van der Waals surface area contributed by atoms with Gasteiger partial charge in [0.2, 0.25) is 5.91 Å². The second-order valence-corrected chi connectivity index (χ2v) is 14.2. The Balaban J connectivity index is 1.13. The normalized spacial score (nSPS) is 39.0. The van der Waals surface area contributed by atoms with Crippen LogP contribution in [0.4, 0.5) is 0 Å². The molecular formula is C34H51NO4. The molecule has 5 rings (SSSR count). The number of ether oxygens (including phenoxy) is 1. The predicted octanol–water partition coefficient (Wildman–Crippen LogP) is 6.67. The molecule has 1 aromatic rings. The number of fused-ring (bicyclic) bond motifs is 5. The fourth-order valence-electron chi connectivity index (χ4n) is 10.1. The lowest BCUT2D eigenvalue weighted by Crippen LogP contribution is -2.57. The Hall–Kier alpha value is -1.88. The summed E-state index contributed by atoms with van der Waals surface area (Å²) >= 11 is 0. The maximum Gasteiger partial charge on any atom is 0.328 e. The van der Waals surface area contributed by atoms with Gasteiger partial charge in [0, 0.05) is 6.42 Å². The molecule has 5 nitrogen and oxygen atoms in total. The summed E-state index contributed by atoms with van der Waals surface area (Å²) in [5.41, 5.74) is 1.57. The molecule has 4 fully saturated rings. The molecule has 0 aliphatic heterocycles. The molecule has 39 heavy (non-hydrogen) atoms. The summed E-state index contributed by atoms with van der Waals surface area (Å²) in [5.74, 6) is 3.25. The van der Waals surface area contributed by atoms with Gasteiger partial charge < -0.3 is 15.2 Å². The molecule has 0 aromatic heterocycles. The summed E-state index contributed by atoms with van der Waals surface area (Å²) in [5, 5.41) is 14.1. The van der Waals surface area contributed by atoms with E-state index in [0.717, 1.165) is 24.3 Å². The van der Waals surface area contributed by atoms with E-state index in [2.05, 4.69) is 26.1 Å². The third-order valence-electron chi connectivity index (χ3n) is 12.1. The Labute approximate surface area is 235 Å². The summed E-state index contributed by atoms with van der Waals surface area (Å²) in [6, 6.07) is 8.95. The molecule has 0 bridgehead atoms. The van der Waals surface area contributed by atoms with Crippen molar-refractivity contribution in [2.24, 2.45) is 46.3 Å². The first-order chi connectivity index (χ1) is 18.6. The van der Waals surface area contributed by atoms with Gasteiger partial charge in [-0.15, -0.1) is 0 Å². The molecular weight excluding hydrogens is 486 g/mol. The predicted molar refractivity (Wildman–Crippen MR) is 153 cm³/mol. The first kappa shape index (κ1) is 28.6. The van der Waals surface area contributed by atoms with Crippen LogP contribution in [0.3, 0.4) is 0 Å². The lowest BCUT2D eigenvalue weighted by atomic mass is 9.44. The summed E-state index contributed by atoms with van der Waals surface area (Å²) in [7, 11) is 0. The lowest BCUT2D eigenvalue weighted by Gasteiger charge is -2.62. The van der Waals surface area contributed by atoms with Gasteiger partial charge >= 0.3 is 5.97 Å². The average molecular weight is 538 g/mol. The standard InChI is InChI=1S/C34H51NO4/c1-22(13-16-31(37)35-23(2)32(38)39-21-24-10-6-5-7-11-24)26-14-15-27-25-20-30(36)29-12-8-9-18-33(29,3)28(25)17-19-34(26,27)4/h5-7,10-11,22-23,25-30,36H,8-9,12-21H2,1-4H3,(H,35,37)/t22-,23-,25?,26-,27?,28?,29?,30+,33-,34-/m1/s1. The van der Waals surface area contributed by atoms with Crippen LogP contribution >= 0.6 is 0 Å². The van der Waals surface area contributed by atoms with Crippen LogP contribution in [-0.4, -0.2) is 29.1 Å². The zero-order valence-electron chi connectivity index (χ0n) is 24.7. The Morgan fingerprint density at radius 3 is 2.49 bits per heavy atom. The topological polar surface area (TPSA) is 75.6 Å². The Morgan fingerprint density at radius 1 is 0.974 bits per heavy atom. The van der Waals surface area contributed by atoms with E-state index >= 15 is 0 Å². The van der Waals surface area contributed by atoms with Crippen molar-refractivity contribution in [2.45, 2.75) is 117 Å². The molecule has 4 aliphatic rings. The highest BCUT2D eigenvalue weighted by atomic mass is 16.5.